The molecule has 0 atom stereocenters. The van der Waals surface area contributed by atoms with Crippen molar-refractivity contribution in [2.45, 2.75) is 32.2 Å². The number of rotatable bonds is 7. The van der Waals surface area contributed by atoms with E-state index in [1.807, 2.05) is 12.1 Å². The summed E-state index contributed by atoms with van der Waals surface area (Å²) in [6.45, 7) is 4.83. The lowest BCUT2D eigenvalue weighted by molar-refractivity contribution is 0.420. The van der Waals surface area contributed by atoms with Crippen molar-refractivity contribution in [3.05, 3.63) is 43.1 Å². The van der Waals surface area contributed by atoms with E-state index in [9.17, 15) is 0 Å². The number of methoxy groups -OCH3 is 1. The molecule has 0 bridgehead atoms. The molecule has 0 N–H and O–H groups in total. The van der Waals surface area contributed by atoms with E-state index in [1.165, 1.54) is 30.2 Å². The van der Waals surface area contributed by atoms with Crippen molar-refractivity contribution in [2.75, 3.05) is 7.11 Å². The topological polar surface area (TPSA) is 14.2 Å². The number of hydrogen-bond donors (Lipinski definition) is 0. The lowest BCUT2D eigenvalue weighted by Gasteiger charge is -2.06. The number of benzene rings is 1. The van der Waals surface area contributed by atoms with Crippen LogP contribution in [0.3, 0.4) is 0 Å². The Labute approximate surface area is 109 Å². The number of nitrogens with zero attached hydrogens (tertiary/aromatic N) is 1. The van der Waals surface area contributed by atoms with Crippen LogP contribution in [0.5, 0.6) is 5.75 Å². The number of hydrogen-bond acceptors (Lipinski definition) is 1. The summed E-state index contributed by atoms with van der Waals surface area (Å²) >= 11 is 0. The molecule has 0 unspecified atom stereocenters. The average molecular weight is 243 g/mol. The van der Waals surface area contributed by atoms with E-state index >= 15 is 0 Å². The first-order chi connectivity index (χ1) is 8.86. The quantitative estimate of drug-likeness (QED) is 0.519. The highest BCUT2D eigenvalue weighted by Gasteiger charge is 2.04. The molecular formula is C16H21NO. The Morgan fingerprint density at radius 3 is 2.89 bits per heavy atom. The molecule has 2 nitrogen and oxygen atoms in total. The first kappa shape index (κ1) is 12.7. The summed E-state index contributed by atoms with van der Waals surface area (Å²) < 4.78 is 7.69. The van der Waals surface area contributed by atoms with Gasteiger partial charge in [-0.2, -0.15) is 0 Å². The minimum Gasteiger partial charge on any atom is -0.496 e. The van der Waals surface area contributed by atoms with E-state index in [1.54, 1.807) is 7.11 Å². The third-order valence-corrected chi connectivity index (χ3v) is 3.30. The van der Waals surface area contributed by atoms with Gasteiger partial charge in [0.2, 0.25) is 0 Å². The van der Waals surface area contributed by atoms with E-state index in [0.29, 0.717) is 0 Å². The van der Waals surface area contributed by atoms with Gasteiger partial charge in [-0.1, -0.05) is 18.6 Å². The molecule has 2 aromatic rings. The van der Waals surface area contributed by atoms with Gasteiger partial charge < -0.3 is 9.30 Å². The molecule has 96 valence electrons. The van der Waals surface area contributed by atoms with Crippen LogP contribution in [-0.4, -0.2) is 11.7 Å². The van der Waals surface area contributed by atoms with Gasteiger partial charge in [0, 0.05) is 18.1 Å². The number of aryl methyl sites for hydroxylation is 1. The van der Waals surface area contributed by atoms with Crippen LogP contribution in [0, 0.1) is 0 Å². The van der Waals surface area contributed by atoms with Crippen LogP contribution in [0.1, 0.15) is 25.7 Å². The van der Waals surface area contributed by atoms with Crippen LogP contribution in [-0.2, 0) is 6.54 Å². The first-order valence-corrected chi connectivity index (χ1v) is 6.59. The minimum atomic E-state index is 0.956. The Balaban J connectivity index is 2.03. The van der Waals surface area contributed by atoms with Crippen molar-refractivity contribution in [2.24, 2.45) is 0 Å². The lowest BCUT2D eigenvalue weighted by Crippen LogP contribution is -1.96. The highest BCUT2D eigenvalue weighted by molar-refractivity contribution is 5.86. The highest BCUT2D eigenvalue weighted by Crippen LogP contribution is 2.26. The normalized spacial score (nSPS) is 10.7. The zero-order chi connectivity index (χ0) is 12.8. The Morgan fingerprint density at radius 1 is 1.22 bits per heavy atom. The standard InChI is InChI=1S/C16H21NO/c1-3-4-5-6-7-12-17-13-11-14-15(17)9-8-10-16(14)18-2/h3,8-11,13H,1,4-7,12H2,2H3. The van der Waals surface area contributed by atoms with E-state index in [4.69, 9.17) is 4.74 Å². The first-order valence-electron chi connectivity index (χ1n) is 6.59. The van der Waals surface area contributed by atoms with Crippen LogP contribution < -0.4 is 4.74 Å². The van der Waals surface area contributed by atoms with Gasteiger partial charge >= 0.3 is 0 Å². The number of fused-ring (bicyclic) bond motifs is 1. The Morgan fingerprint density at radius 2 is 2.11 bits per heavy atom. The molecule has 0 aliphatic heterocycles. The molecule has 0 fully saturated rings. The fourth-order valence-corrected chi connectivity index (χ4v) is 2.32. The molecule has 2 rings (SSSR count). The van der Waals surface area contributed by atoms with Crippen LogP contribution in [0.4, 0.5) is 0 Å². The number of unbranched alkanes of at least 4 members (excludes halogenated alkanes) is 3. The summed E-state index contributed by atoms with van der Waals surface area (Å²) in [6, 6.07) is 8.35. The smallest absolute Gasteiger partial charge is 0.128 e. The van der Waals surface area contributed by atoms with Crippen molar-refractivity contribution >= 4 is 10.9 Å². The predicted molar refractivity (Wildman–Crippen MR) is 77.2 cm³/mol. The summed E-state index contributed by atoms with van der Waals surface area (Å²) in [6.07, 6.45) is 8.99. The van der Waals surface area contributed by atoms with Gasteiger partial charge in [-0.15, -0.1) is 6.58 Å². The second-order valence-electron chi connectivity index (χ2n) is 4.54. The van der Waals surface area contributed by atoms with E-state index in [0.717, 1.165) is 18.7 Å². The molecule has 0 amide bonds. The molecule has 0 saturated carbocycles. The monoisotopic (exact) mass is 243 g/mol. The van der Waals surface area contributed by atoms with Gasteiger partial charge in [0.15, 0.2) is 0 Å². The maximum atomic E-state index is 5.37. The fourth-order valence-electron chi connectivity index (χ4n) is 2.32. The Bertz CT molecular complexity index is 513. The maximum Gasteiger partial charge on any atom is 0.128 e. The summed E-state index contributed by atoms with van der Waals surface area (Å²) in [5.41, 5.74) is 1.26. The molecule has 0 radical (unpaired) electrons. The molecule has 1 heterocycles. The van der Waals surface area contributed by atoms with Gasteiger partial charge in [0.05, 0.1) is 12.6 Å². The average Bonchev–Trinajstić information content (AvgIpc) is 2.82. The molecule has 1 aromatic carbocycles. The molecule has 2 heteroatoms. The number of ether oxygens (including phenoxy) is 1. The SMILES string of the molecule is C=CCCCCCn1ccc2c(OC)cccc21. The predicted octanol–water partition coefficient (Wildman–Crippen LogP) is 4.40. The van der Waals surface area contributed by atoms with E-state index in [2.05, 4.69) is 35.5 Å². The molecule has 1 aromatic heterocycles. The van der Waals surface area contributed by atoms with E-state index in [-0.39, 0.29) is 0 Å². The molecule has 0 spiro atoms. The lowest BCUT2D eigenvalue weighted by atomic mass is 10.2. The second kappa shape index (κ2) is 6.29. The summed E-state index contributed by atoms with van der Waals surface area (Å²) in [7, 11) is 1.72. The molecular weight excluding hydrogens is 222 g/mol. The number of allylic oxidation sites excluding steroid dienone is 1. The third kappa shape index (κ3) is 2.76. The van der Waals surface area contributed by atoms with Gasteiger partial charge in [-0.25, -0.2) is 0 Å². The largest absolute Gasteiger partial charge is 0.496 e. The summed E-state index contributed by atoms with van der Waals surface area (Å²) in [4.78, 5) is 0. The van der Waals surface area contributed by atoms with Gasteiger partial charge in [0.1, 0.15) is 5.75 Å². The zero-order valence-electron chi connectivity index (χ0n) is 11.1. The minimum absolute atomic E-state index is 0.956. The molecule has 18 heavy (non-hydrogen) atoms. The summed E-state index contributed by atoms with van der Waals surface area (Å²) in [5, 5.41) is 1.20. The van der Waals surface area contributed by atoms with Crippen LogP contribution in [0.15, 0.2) is 43.1 Å². The van der Waals surface area contributed by atoms with Crippen LogP contribution in [0.2, 0.25) is 0 Å². The fraction of sp³-hybridized carbons (Fsp3) is 0.375. The highest BCUT2D eigenvalue weighted by atomic mass is 16.5. The van der Waals surface area contributed by atoms with Crippen molar-refractivity contribution < 1.29 is 4.74 Å². The Kier molecular flexibility index (Phi) is 4.46. The second-order valence-corrected chi connectivity index (χ2v) is 4.54. The summed E-state index contributed by atoms with van der Waals surface area (Å²) in [5.74, 6) is 0.956. The van der Waals surface area contributed by atoms with Gasteiger partial charge in [-0.05, 0) is 37.5 Å². The van der Waals surface area contributed by atoms with Crippen molar-refractivity contribution in [1.29, 1.82) is 0 Å². The van der Waals surface area contributed by atoms with Crippen molar-refractivity contribution in [1.82, 2.24) is 4.57 Å². The van der Waals surface area contributed by atoms with Gasteiger partial charge in [-0.3, -0.25) is 0 Å². The molecule has 0 aliphatic carbocycles. The van der Waals surface area contributed by atoms with Crippen LogP contribution in [0.25, 0.3) is 10.9 Å². The zero-order valence-corrected chi connectivity index (χ0v) is 11.1. The maximum absolute atomic E-state index is 5.37. The van der Waals surface area contributed by atoms with Crippen molar-refractivity contribution in [3.8, 4) is 5.75 Å². The molecule has 0 saturated heterocycles. The van der Waals surface area contributed by atoms with Crippen LogP contribution >= 0.6 is 0 Å². The Hall–Kier alpha value is -1.70. The van der Waals surface area contributed by atoms with Gasteiger partial charge in [0.25, 0.3) is 0 Å². The van der Waals surface area contributed by atoms with E-state index < -0.39 is 0 Å². The number of aromatic nitrogens is 1. The molecule has 0 aliphatic rings. The third-order valence-electron chi connectivity index (χ3n) is 3.30. The van der Waals surface area contributed by atoms with Crippen molar-refractivity contribution in [3.63, 3.8) is 0 Å².